The van der Waals surface area contributed by atoms with E-state index in [0.717, 1.165) is 48.2 Å². The summed E-state index contributed by atoms with van der Waals surface area (Å²) in [5, 5.41) is 137. The molecule has 2 fully saturated rings. The van der Waals surface area contributed by atoms with Gasteiger partial charge in [0, 0.05) is 40.5 Å². The van der Waals surface area contributed by atoms with Gasteiger partial charge in [-0.25, -0.2) is 4.79 Å². The van der Waals surface area contributed by atoms with Gasteiger partial charge in [0.2, 0.25) is 64.4 Å². The van der Waals surface area contributed by atoms with Crippen molar-refractivity contribution in [3.05, 3.63) is 122 Å². The number of phenols is 3. The van der Waals surface area contributed by atoms with Crippen molar-refractivity contribution in [3.63, 3.8) is 0 Å². The molecule has 0 radical (unpaired) electrons. The van der Waals surface area contributed by atoms with Crippen molar-refractivity contribution in [2.75, 3.05) is 12.8 Å². The molecule has 8 bridgehead atoms. The highest BCUT2D eigenvalue weighted by Crippen LogP contribution is 2.50. The lowest BCUT2D eigenvalue weighted by atomic mass is 9.86. The number of aliphatic hydroxyl groups excluding tert-OH is 5. The van der Waals surface area contributed by atoms with Crippen LogP contribution in [0.5, 0.6) is 51.9 Å². The Labute approximate surface area is 640 Å². The molecule has 5 aromatic carbocycles. The van der Waals surface area contributed by atoms with Crippen LogP contribution < -0.4 is 63.3 Å². The molecule has 11 rings (SSSR count). The van der Waals surface area contributed by atoms with Gasteiger partial charge in [0.25, 0.3) is 0 Å². The number of aliphatic hydroxyl groups is 5. The summed E-state index contributed by atoms with van der Waals surface area (Å²) in [6.07, 6.45) is -17.8. The maximum atomic E-state index is 15.4. The van der Waals surface area contributed by atoms with E-state index in [1.807, 2.05) is 13.8 Å². The summed E-state index contributed by atoms with van der Waals surface area (Å²) < 4.78 is 39.3. The second kappa shape index (κ2) is 34.1. The Kier molecular flexibility index (Phi) is 25.6. The number of aliphatic carboxylic acids is 1. The van der Waals surface area contributed by atoms with Crippen molar-refractivity contribution in [1.82, 2.24) is 47.1 Å². The van der Waals surface area contributed by atoms with E-state index in [1.54, 1.807) is 0 Å². The maximum Gasteiger partial charge on any atom is 0.330 e. The van der Waals surface area contributed by atoms with Gasteiger partial charge in [0.1, 0.15) is 83.0 Å². The molecule has 6 aromatic rings. The van der Waals surface area contributed by atoms with Crippen LogP contribution in [0, 0.1) is 12.8 Å². The number of aryl methyl sites for hydroxylation is 1. The molecule has 5 aliphatic rings. The average molecular weight is 1590 g/mol. The minimum Gasteiger partial charge on any atom is -0.508 e. The fourth-order valence-electron chi connectivity index (χ4n) is 12.8. The van der Waals surface area contributed by atoms with Crippen molar-refractivity contribution >= 4 is 82.3 Å². The zero-order valence-electron chi connectivity index (χ0n) is 59.7. The quantitative estimate of drug-likeness (QED) is 0.0428. The Hall–Kier alpha value is -10.0. The third-order valence-electron chi connectivity index (χ3n) is 18.8. The molecule has 39 heteroatoms. The van der Waals surface area contributed by atoms with Crippen LogP contribution in [0.3, 0.4) is 0 Å². The number of primary amides is 2. The molecular weight excluding hydrogens is 1510 g/mol. The molecule has 36 nitrogen and oxygen atoms in total. The molecule has 2 saturated heterocycles. The molecule has 0 saturated carbocycles. The van der Waals surface area contributed by atoms with Crippen molar-refractivity contribution in [2.45, 2.75) is 175 Å². The highest BCUT2D eigenvalue weighted by molar-refractivity contribution is 7.99. The number of nitrogens with two attached hydrogens (primary N) is 3. The van der Waals surface area contributed by atoms with Crippen molar-refractivity contribution in [3.8, 4) is 63.0 Å². The van der Waals surface area contributed by atoms with Crippen molar-refractivity contribution < 1.29 is 118 Å². The highest BCUT2D eigenvalue weighted by atomic mass is 35.5. The largest absolute Gasteiger partial charge is 0.508 e. The Morgan fingerprint density at radius 2 is 1.50 bits per heavy atom. The fourth-order valence-corrected chi connectivity index (χ4v) is 14.1. The zero-order valence-corrected chi connectivity index (χ0v) is 62.0. The average Bonchev–Trinajstić information content (AvgIpc) is 0.768. The number of benzene rings is 5. The number of carboxylic acid groups (broad SMARTS) is 1. The molecule has 110 heavy (non-hydrogen) atoms. The number of ether oxygens (including phenoxy) is 6. The monoisotopic (exact) mass is 1590 g/mol. The predicted octanol–water partition coefficient (Wildman–Crippen LogP) is 1.52. The standard InChI is InChI=1S/C71H82Cl2N12O24S/c1-25(2)14-39(77-7)64(98)81-52(66(100)78-38(61(75)95)22-47(74)89)54(90)30-9-12-42(36(72)16-30)105-44-18-32-19-45(58(44)109-69-59(108-48-23-71(6,76)60(94)28(5)104-48)57(93)56(92)46(107-69)24-110-70-83-63(97)27(4)84-85-70)106-43-13-10-31(17-37(43)73)55(91)53-67(101)80-51(68(102)103)35-20-33(86)21-41(88)49(35)34-15-29(8-11-40(34)87)50(65(99)82-53)79-62(96)26(32)3/h8-13,15-21,25-26,28,38-39,46,48,50-57,59-60,69,77,86-88,90-94H,14,22-24,76H2,1-7H3,(H2,74,89)(H2,75,95)(H,78,100)(H,79,96)(H,80,101)(H,81,98)(H,82,99)(H,102,103)(H,83,85,97)/t26-,28?,38+,39+,46?,48?,50-,51-,52-,53?,54-,55-,56?,57?,59?,60?,69?,71?/m1/s1. The van der Waals surface area contributed by atoms with E-state index < -0.39 is 214 Å². The van der Waals surface area contributed by atoms with Crippen LogP contribution in [-0.4, -0.2) is 205 Å². The van der Waals surface area contributed by atoms with Gasteiger partial charge < -0.3 is 129 Å². The van der Waals surface area contributed by atoms with Gasteiger partial charge in [-0.3, -0.25) is 33.6 Å². The van der Waals surface area contributed by atoms with Crippen LogP contribution in [0.1, 0.15) is 118 Å². The lowest BCUT2D eigenvalue weighted by molar-refractivity contribution is -0.329. The van der Waals surface area contributed by atoms with Gasteiger partial charge in [-0.15, -0.1) is 10.2 Å². The van der Waals surface area contributed by atoms with Gasteiger partial charge in [-0.2, -0.15) is 4.98 Å². The lowest BCUT2D eigenvalue weighted by Crippen LogP contribution is -2.64. The summed E-state index contributed by atoms with van der Waals surface area (Å²) >= 11 is 15.1. The number of carbonyl (C=O) groups is 8. The zero-order chi connectivity index (χ0) is 80.4. The third-order valence-corrected chi connectivity index (χ3v) is 20.3. The summed E-state index contributed by atoms with van der Waals surface area (Å²) in [5.41, 5.74) is 14.1. The van der Waals surface area contributed by atoms with E-state index in [2.05, 4.69) is 47.1 Å². The Balaban J connectivity index is 1.16. The molecule has 0 aliphatic carbocycles. The molecule has 10 unspecified atom stereocenters. The van der Waals surface area contributed by atoms with Gasteiger partial charge in [0.15, 0.2) is 29.9 Å². The van der Waals surface area contributed by atoms with Crippen LogP contribution in [0.2, 0.25) is 10.0 Å². The highest BCUT2D eigenvalue weighted by Gasteiger charge is 2.52. The number of aromatic nitrogens is 3. The fraction of sp³-hybridized carbons (Fsp3) is 0.423. The number of rotatable bonds is 22. The van der Waals surface area contributed by atoms with Gasteiger partial charge >= 0.3 is 5.97 Å². The summed E-state index contributed by atoms with van der Waals surface area (Å²) in [6, 6.07) is 3.56. The number of thioether (sulfide) groups is 1. The number of fused-ring (bicyclic) bond motifs is 8. The Morgan fingerprint density at radius 3 is 2.15 bits per heavy atom. The van der Waals surface area contributed by atoms with Crippen LogP contribution in [0.25, 0.3) is 11.1 Å². The lowest BCUT2D eigenvalue weighted by Gasteiger charge is -2.47. The van der Waals surface area contributed by atoms with Crippen LogP contribution >= 0.6 is 35.0 Å². The number of nitrogens with zero attached hydrogens (tertiary/aromatic N) is 3. The molecule has 18 atom stereocenters. The third kappa shape index (κ3) is 18.4. The van der Waals surface area contributed by atoms with E-state index >= 15 is 9.59 Å². The molecular formula is C71H82Cl2N12O24S. The number of carbonyl (C=O) groups excluding carboxylic acids is 7. The van der Waals surface area contributed by atoms with Crippen molar-refractivity contribution in [1.29, 1.82) is 0 Å². The number of likely N-dealkylation sites (N-methyl/N-ethyl adjacent to an activating group) is 1. The number of carboxylic acids is 1. The first-order chi connectivity index (χ1) is 51.8. The second-order valence-electron chi connectivity index (χ2n) is 27.5. The minimum atomic E-state index is -2.19. The van der Waals surface area contributed by atoms with E-state index in [9.17, 15) is 79.8 Å². The summed E-state index contributed by atoms with van der Waals surface area (Å²) in [5.74, 6) is -16.3. The molecule has 7 amide bonds. The topological polar surface area (TPSA) is 583 Å². The SMILES string of the molecule is CN[C@@H](CC(C)C)C(=O)N[C@@H](C(=O)N[C@@H](CC(N)=O)C(N)=O)[C@H](O)c1ccc(Oc2cc3cc(c2OC2OC(CSc4nnc(C)c(O)n4)C(O)C(O)C2OC2CC(C)(N)C(O)C(C)O2)Oc2ccc(cc2Cl)[C@@H](O)C2NC(=O)[C@H](NC(=O)[C@@H]3C)c3ccc(O)c(c3)-c3c(O)cc(O)cc3[C@H](C(=O)O)NC2=O)c(Cl)c1. The number of halogens is 2. The van der Waals surface area contributed by atoms with Gasteiger partial charge in [0.05, 0.1) is 46.7 Å². The van der Waals surface area contributed by atoms with Gasteiger partial charge in [-0.05, 0) is 124 Å². The number of hydrogen-bond donors (Lipinski definition) is 19. The van der Waals surface area contributed by atoms with Crippen LogP contribution in [0.15, 0.2) is 84.0 Å². The number of aromatic hydroxyl groups is 4. The molecule has 0 spiro atoms. The first kappa shape index (κ1) is 82.5. The Morgan fingerprint density at radius 1 is 0.782 bits per heavy atom. The predicted molar refractivity (Wildman–Crippen MR) is 386 cm³/mol. The number of phenolic OH excluding ortho intramolecular Hbond substituents is 3. The Bertz CT molecular complexity index is 4550. The van der Waals surface area contributed by atoms with Gasteiger partial charge in [-0.1, -0.05) is 67.0 Å². The number of amides is 7. The van der Waals surface area contributed by atoms with Crippen LogP contribution in [-0.2, 0) is 52.6 Å². The molecule has 1 aromatic heterocycles. The van der Waals surface area contributed by atoms with E-state index in [4.69, 9.17) is 68.8 Å². The van der Waals surface area contributed by atoms with E-state index in [1.165, 1.54) is 77.2 Å². The normalized spacial score (nSPS) is 25.8. The number of hydrogen-bond acceptors (Lipinski definition) is 29. The maximum absolute atomic E-state index is 15.4. The van der Waals surface area contributed by atoms with Crippen LogP contribution in [0.4, 0.5) is 0 Å². The number of nitrogens with one attached hydrogen (secondary N) is 6. The minimum absolute atomic E-state index is 0.0710. The smallest absolute Gasteiger partial charge is 0.330 e. The summed E-state index contributed by atoms with van der Waals surface area (Å²) in [6.45, 7) is 9.48. The molecule has 590 valence electrons. The van der Waals surface area contributed by atoms with Crippen molar-refractivity contribution in [2.24, 2.45) is 23.1 Å². The summed E-state index contributed by atoms with van der Waals surface area (Å²) in [4.78, 5) is 115. The molecule has 22 N–H and O–H groups in total. The first-order valence-electron chi connectivity index (χ1n) is 34.2. The molecule has 5 aliphatic heterocycles. The molecule has 6 heterocycles. The van der Waals surface area contributed by atoms with E-state index in [-0.39, 0.29) is 84.7 Å². The first-order valence-corrected chi connectivity index (χ1v) is 35.9. The second-order valence-corrected chi connectivity index (χ2v) is 29.3. The van der Waals surface area contributed by atoms with E-state index in [0.29, 0.717) is 0 Å². The summed E-state index contributed by atoms with van der Waals surface area (Å²) in [7, 11) is 1.49.